The summed E-state index contributed by atoms with van der Waals surface area (Å²) in [6, 6.07) is 6.83. The molecule has 1 amide bonds. The summed E-state index contributed by atoms with van der Waals surface area (Å²) in [6.45, 7) is -0.104. The molecule has 0 unspecified atom stereocenters. The van der Waals surface area contributed by atoms with Gasteiger partial charge in [0.25, 0.3) is 0 Å². The number of fused-ring (bicyclic) bond motifs is 1. The predicted octanol–water partition coefficient (Wildman–Crippen LogP) is 1.09. The molecule has 8 nitrogen and oxygen atoms in total. The Balaban J connectivity index is 1.95. The summed E-state index contributed by atoms with van der Waals surface area (Å²) in [5.41, 5.74) is 7.54. The molecule has 0 fully saturated rings. The van der Waals surface area contributed by atoms with Gasteiger partial charge in [0.2, 0.25) is 11.8 Å². The molecule has 24 heavy (non-hydrogen) atoms. The zero-order chi connectivity index (χ0) is 17.1. The second-order valence-electron chi connectivity index (χ2n) is 5.28. The highest BCUT2D eigenvalue weighted by Gasteiger charge is 2.28. The van der Waals surface area contributed by atoms with E-state index in [0.717, 1.165) is 5.56 Å². The molecule has 124 valence electrons. The number of hydrogen-bond donors (Lipinski definition) is 2. The van der Waals surface area contributed by atoms with Gasteiger partial charge in [0.05, 0.1) is 11.4 Å². The van der Waals surface area contributed by atoms with Gasteiger partial charge in [-0.2, -0.15) is 0 Å². The zero-order valence-electron chi connectivity index (χ0n) is 12.8. The topological polar surface area (TPSA) is 119 Å². The van der Waals surface area contributed by atoms with Crippen LogP contribution in [-0.4, -0.2) is 33.5 Å². The third-order valence-corrected chi connectivity index (χ3v) is 3.70. The minimum Gasteiger partial charge on any atom is -0.480 e. The Hall–Kier alpha value is -3.00. The lowest BCUT2D eigenvalue weighted by molar-refractivity contribution is -0.136. The van der Waals surface area contributed by atoms with Crippen molar-refractivity contribution in [2.75, 3.05) is 11.4 Å². The van der Waals surface area contributed by atoms with Gasteiger partial charge < -0.3 is 20.5 Å². The molecular weight excluding hydrogens is 312 g/mol. The molecule has 1 aliphatic rings. The van der Waals surface area contributed by atoms with E-state index >= 15 is 0 Å². The van der Waals surface area contributed by atoms with Crippen LogP contribution in [0.15, 0.2) is 30.6 Å². The fraction of sp³-hybridized carbons (Fsp3) is 0.250. The second-order valence-corrected chi connectivity index (χ2v) is 5.28. The zero-order valence-corrected chi connectivity index (χ0v) is 12.8. The van der Waals surface area contributed by atoms with Crippen molar-refractivity contribution in [1.29, 1.82) is 0 Å². The van der Waals surface area contributed by atoms with Crippen LogP contribution in [0.4, 0.5) is 5.69 Å². The fourth-order valence-corrected chi connectivity index (χ4v) is 2.62. The number of carbonyl (C=O) groups excluding carboxylic acids is 1. The molecule has 0 aliphatic carbocycles. The van der Waals surface area contributed by atoms with Crippen LogP contribution in [-0.2, 0) is 22.6 Å². The molecule has 2 aromatic rings. The van der Waals surface area contributed by atoms with Crippen LogP contribution in [0.3, 0.4) is 0 Å². The van der Waals surface area contributed by atoms with Crippen LogP contribution in [0.25, 0.3) is 0 Å². The van der Waals surface area contributed by atoms with Crippen molar-refractivity contribution in [2.24, 2.45) is 5.73 Å². The number of rotatable bonds is 5. The molecule has 3 N–H and O–H groups in total. The number of carboxylic acids is 1. The van der Waals surface area contributed by atoms with Gasteiger partial charge in [-0.25, -0.2) is 9.97 Å². The number of aromatic nitrogens is 2. The first kappa shape index (κ1) is 15.9. The molecule has 0 saturated carbocycles. The van der Waals surface area contributed by atoms with Gasteiger partial charge in [-0.3, -0.25) is 9.59 Å². The van der Waals surface area contributed by atoms with Crippen LogP contribution in [0, 0.1) is 0 Å². The van der Waals surface area contributed by atoms with E-state index in [0.29, 0.717) is 29.4 Å². The smallest absolute Gasteiger partial charge is 0.323 e. The van der Waals surface area contributed by atoms with Gasteiger partial charge >= 0.3 is 5.97 Å². The highest BCUT2D eigenvalue weighted by Crippen LogP contribution is 2.36. The molecule has 1 aromatic carbocycles. The van der Waals surface area contributed by atoms with Crippen molar-refractivity contribution in [2.45, 2.75) is 19.4 Å². The van der Waals surface area contributed by atoms with Crippen molar-refractivity contribution in [1.82, 2.24) is 9.97 Å². The quantitative estimate of drug-likeness (QED) is 0.843. The molecule has 0 radical (unpaired) electrons. The molecule has 0 saturated heterocycles. The van der Waals surface area contributed by atoms with Crippen molar-refractivity contribution in [3.8, 4) is 11.6 Å². The number of nitrogens with zero attached hydrogens (tertiary/aromatic N) is 3. The van der Waals surface area contributed by atoms with E-state index in [1.54, 1.807) is 24.3 Å². The van der Waals surface area contributed by atoms with Crippen LogP contribution < -0.4 is 15.4 Å². The normalized spacial score (nSPS) is 13.5. The lowest BCUT2D eigenvalue weighted by atomic mass is 10.00. The predicted molar refractivity (Wildman–Crippen MR) is 84.7 cm³/mol. The Bertz CT molecular complexity index is 793. The third kappa shape index (κ3) is 3.18. The Labute approximate surface area is 137 Å². The summed E-state index contributed by atoms with van der Waals surface area (Å²) in [5, 5.41) is 9.02. The first-order valence-corrected chi connectivity index (χ1v) is 7.41. The van der Waals surface area contributed by atoms with E-state index < -0.39 is 5.97 Å². The van der Waals surface area contributed by atoms with Gasteiger partial charge in [-0.1, -0.05) is 6.07 Å². The number of amides is 1. The Kier molecular flexibility index (Phi) is 4.39. The van der Waals surface area contributed by atoms with Gasteiger partial charge in [-0.05, 0) is 18.6 Å². The molecule has 0 bridgehead atoms. The molecular formula is C16H16N4O4. The van der Waals surface area contributed by atoms with Crippen LogP contribution in [0.1, 0.15) is 17.7 Å². The van der Waals surface area contributed by atoms with Crippen LogP contribution >= 0.6 is 0 Å². The van der Waals surface area contributed by atoms with E-state index in [2.05, 4.69) is 9.97 Å². The van der Waals surface area contributed by atoms with E-state index in [9.17, 15) is 9.59 Å². The van der Waals surface area contributed by atoms with Crippen molar-refractivity contribution in [3.63, 3.8) is 0 Å². The maximum atomic E-state index is 12.0. The number of carbonyl (C=O) groups is 2. The monoisotopic (exact) mass is 328 g/mol. The van der Waals surface area contributed by atoms with Gasteiger partial charge in [0, 0.05) is 24.6 Å². The summed E-state index contributed by atoms with van der Waals surface area (Å²) < 4.78 is 5.82. The van der Waals surface area contributed by atoms with Crippen molar-refractivity contribution in [3.05, 3.63) is 41.9 Å². The summed E-state index contributed by atoms with van der Waals surface area (Å²) in [5.74, 6) is -0.391. The summed E-state index contributed by atoms with van der Waals surface area (Å²) in [4.78, 5) is 32.4. The Morgan fingerprint density at radius 2 is 2.17 bits per heavy atom. The lowest BCUT2D eigenvalue weighted by Crippen LogP contribution is -2.39. The number of hydrogen-bond acceptors (Lipinski definition) is 6. The van der Waals surface area contributed by atoms with Gasteiger partial charge in [0.1, 0.15) is 18.6 Å². The van der Waals surface area contributed by atoms with Crippen molar-refractivity contribution >= 4 is 17.6 Å². The molecule has 2 heterocycles. The van der Waals surface area contributed by atoms with E-state index in [4.69, 9.17) is 15.6 Å². The van der Waals surface area contributed by atoms with Crippen LogP contribution in [0.2, 0.25) is 0 Å². The SMILES string of the molecule is NCc1cc(Oc2cccc3c2CCC(=O)N3CC(=O)O)ncn1. The lowest BCUT2D eigenvalue weighted by Gasteiger charge is -2.29. The summed E-state index contributed by atoms with van der Waals surface area (Å²) >= 11 is 0. The van der Waals surface area contributed by atoms with Gasteiger partial charge in [0.15, 0.2) is 0 Å². The number of nitrogens with two attached hydrogens (primary N) is 1. The number of ether oxygens (including phenoxy) is 1. The number of anilines is 1. The highest BCUT2D eigenvalue weighted by atomic mass is 16.5. The fourth-order valence-electron chi connectivity index (χ4n) is 2.62. The minimum absolute atomic E-state index is 0.213. The first-order valence-electron chi connectivity index (χ1n) is 7.41. The molecule has 1 aromatic heterocycles. The minimum atomic E-state index is -1.06. The van der Waals surface area contributed by atoms with Gasteiger partial charge in [-0.15, -0.1) is 0 Å². The third-order valence-electron chi connectivity index (χ3n) is 3.70. The number of carboxylic acid groups (broad SMARTS) is 1. The molecule has 8 heteroatoms. The molecule has 1 aliphatic heterocycles. The second kappa shape index (κ2) is 6.63. The Morgan fingerprint density at radius 3 is 2.92 bits per heavy atom. The summed E-state index contributed by atoms with van der Waals surface area (Å²) in [7, 11) is 0. The average molecular weight is 328 g/mol. The highest BCUT2D eigenvalue weighted by molar-refractivity contribution is 6.00. The largest absolute Gasteiger partial charge is 0.480 e. The Morgan fingerprint density at radius 1 is 1.33 bits per heavy atom. The standard InChI is InChI=1S/C16H16N4O4/c17-7-10-6-14(19-9-18-10)24-13-3-1-2-12-11(13)4-5-15(21)20(12)8-16(22)23/h1-3,6,9H,4-5,7-8,17H2,(H,22,23). The van der Waals surface area contributed by atoms with Crippen molar-refractivity contribution < 1.29 is 19.4 Å². The van der Waals surface area contributed by atoms with E-state index in [-0.39, 0.29) is 25.4 Å². The van der Waals surface area contributed by atoms with Crippen LogP contribution in [0.5, 0.6) is 11.6 Å². The average Bonchev–Trinajstić information content (AvgIpc) is 2.57. The number of aliphatic carboxylic acids is 1. The summed E-state index contributed by atoms with van der Waals surface area (Å²) in [6.07, 6.45) is 2.08. The maximum absolute atomic E-state index is 12.0. The first-order chi connectivity index (χ1) is 11.6. The maximum Gasteiger partial charge on any atom is 0.323 e. The van der Waals surface area contributed by atoms with E-state index in [1.807, 2.05) is 0 Å². The molecule has 3 rings (SSSR count). The molecule has 0 spiro atoms. The van der Waals surface area contributed by atoms with E-state index in [1.165, 1.54) is 11.2 Å². The molecule has 0 atom stereocenters. The number of benzene rings is 1.